The molecule has 0 saturated carbocycles. The van der Waals surface area contributed by atoms with E-state index >= 15 is 0 Å². The standard InChI is InChI=1S/C28H31N3O4/c1-3-35-25-16-11-20(18-26(25)34-2)19-29-27(32)22-12-14-23(15-13-22)30-28(33)31-17-7-6-9-21-8-4-5-10-24(21)31/h4-5,8,10-16,18H,3,6-7,9,17,19H2,1-2H3,(H,29,32)(H,30,33). The van der Waals surface area contributed by atoms with Crippen molar-refractivity contribution < 1.29 is 19.1 Å². The molecule has 0 aliphatic carbocycles. The first-order chi connectivity index (χ1) is 17.1. The van der Waals surface area contributed by atoms with Gasteiger partial charge < -0.3 is 20.1 Å². The third-order valence-electron chi connectivity index (χ3n) is 5.98. The van der Waals surface area contributed by atoms with Crippen molar-refractivity contribution in [1.82, 2.24) is 5.32 Å². The molecule has 3 aromatic rings. The highest BCUT2D eigenvalue weighted by molar-refractivity contribution is 6.02. The van der Waals surface area contributed by atoms with Gasteiger partial charge in [0.15, 0.2) is 11.5 Å². The lowest BCUT2D eigenvalue weighted by Gasteiger charge is -2.23. The fourth-order valence-electron chi connectivity index (χ4n) is 4.18. The SMILES string of the molecule is CCOc1ccc(CNC(=O)c2ccc(NC(=O)N3CCCCc4ccccc43)cc2)cc1OC. The second-order valence-electron chi connectivity index (χ2n) is 8.35. The van der Waals surface area contributed by atoms with Crippen LogP contribution < -0.4 is 25.0 Å². The van der Waals surface area contributed by atoms with E-state index in [0.29, 0.717) is 42.4 Å². The van der Waals surface area contributed by atoms with Crippen molar-refractivity contribution in [1.29, 1.82) is 0 Å². The van der Waals surface area contributed by atoms with E-state index in [1.54, 1.807) is 36.3 Å². The second-order valence-corrected chi connectivity index (χ2v) is 8.35. The number of hydrogen-bond donors (Lipinski definition) is 2. The number of hydrogen-bond acceptors (Lipinski definition) is 4. The summed E-state index contributed by atoms with van der Waals surface area (Å²) in [5.74, 6) is 1.11. The van der Waals surface area contributed by atoms with Crippen LogP contribution in [0.4, 0.5) is 16.2 Å². The lowest BCUT2D eigenvalue weighted by atomic mass is 10.1. The molecule has 1 aliphatic heterocycles. The van der Waals surface area contributed by atoms with Crippen LogP contribution in [-0.2, 0) is 13.0 Å². The Hall–Kier alpha value is -4.00. The molecular formula is C28H31N3O4. The normalized spacial score (nSPS) is 12.8. The summed E-state index contributed by atoms with van der Waals surface area (Å²) in [6.07, 6.45) is 3.00. The van der Waals surface area contributed by atoms with Crippen molar-refractivity contribution in [3.8, 4) is 11.5 Å². The highest BCUT2D eigenvalue weighted by Crippen LogP contribution is 2.28. The maximum absolute atomic E-state index is 13.0. The van der Waals surface area contributed by atoms with Crippen molar-refractivity contribution in [2.45, 2.75) is 32.7 Å². The van der Waals surface area contributed by atoms with E-state index in [1.807, 2.05) is 43.3 Å². The van der Waals surface area contributed by atoms with Crippen molar-refractivity contribution >= 4 is 23.3 Å². The Morgan fingerprint density at radius 1 is 0.971 bits per heavy atom. The topological polar surface area (TPSA) is 79.9 Å². The number of carbonyl (C=O) groups is 2. The van der Waals surface area contributed by atoms with E-state index in [1.165, 1.54) is 5.56 Å². The smallest absolute Gasteiger partial charge is 0.326 e. The van der Waals surface area contributed by atoms with Gasteiger partial charge in [0.1, 0.15) is 0 Å². The summed E-state index contributed by atoms with van der Waals surface area (Å²) in [5.41, 5.74) is 4.22. The lowest BCUT2D eigenvalue weighted by molar-refractivity contribution is 0.0951. The van der Waals surface area contributed by atoms with Crippen LogP contribution in [0.1, 0.15) is 41.3 Å². The van der Waals surface area contributed by atoms with Gasteiger partial charge in [-0.05, 0) is 79.8 Å². The van der Waals surface area contributed by atoms with Gasteiger partial charge >= 0.3 is 6.03 Å². The number of rotatable bonds is 7. The zero-order chi connectivity index (χ0) is 24.6. The molecule has 0 saturated heterocycles. The van der Waals surface area contributed by atoms with Crippen LogP contribution in [0.3, 0.4) is 0 Å². The zero-order valence-corrected chi connectivity index (χ0v) is 20.2. The van der Waals surface area contributed by atoms with Gasteiger partial charge in [0, 0.05) is 30.0 Å². The van der Waals surface area contributed by atoms with Gasteiger partial charge in [0.2, 0.25) is 0 Å². The van der Waals surface area contributed by atoms with Gasteiger partial charge in [-0.2, -0.15) is 0 Å². The molecule has 0 atom stereocenters. The Morgan fingerprint density at radius 3 is 2.54 bits per heavy atom. The number of methoxy groups -OCH3 is 1. The number of ether oxygens (including phenoxy) is 2. The fraction of sp³-hybridized carbons (Fsp3) is 0.286. The first kappa shape index (κ1) is 24.1. The Bertz CT molecular complexity index is 1180. The molecule has 1 aliphatic rings. The molecule has 2 N–H and O–H groups in total. The fourth-order valence-corrected chi connectivity index (χ4v) is 4.18. The Labute approximate surface area is 206 Å². The second kappa shape index (κ2) is 11.4. The molecule has 7 nitrogen and oxygen atoms in total. The van der Waals surface area contributed by atoms with Crippen molar-refractivity contribution in [3.63, 3.8) is 0 Å². The van der Waals surface area contributed by atoms with E-state index in [9.17, 15) is 9.59 Å². The van der Waals surface area contributed by atoms with Gasteiger partial charge in [-0.1, -0.05) is 24.3 Å². The van der Waals surface area contributed by atoms with Gasteiger partial charge in [-0.3, -0.25) is 9.69 Å². The molecule has 0 aromatic heterocycles. The van der Waals surface area contributed by atoms with Gasteiger partial charge in [-0.15, -0.1) is 0 Å². The number of carbonyl (C=O) groups excluding carboxylic acids is 2. The summed E-state index contributed by atoms with van der Waals surface area (Å²) in [6.45, 7) is 3.50. The molecule has 0 unspecified atom stereocenters. The van der Waals surface area contributed by atoms with Gasteiger partial charge in [0.05, 0.1) is 13.7 Å². The van der Waals surface area contributed by atoms with Crippen LogP contribution in [-0.4, -0.2) is 32.2 Å². The van der Waals surface area contributed by atoms with Gasteiger partial charge in [0.25, 0.3) is 5.91 Å². The Kier molecular flexibility index (Phi) is 7.88. The van der Waals surface area contributed by atoms with E-state index < -0.39 is 0 Å². The third-order valence-corrected chi connectivity index (χ3v) is 5.98. The van der Waals surface area contributed by atoms with E-state index in [2.05, 4.69) is 16.7 Å². The monoisotopic (exact) mass is 473 g/mol. The summed E-state index contributed by atoms with van der Waals surface area (Å²) in [4.78, 5) is 27.4. The maximum atomic E-state index is 13.0. The lowest BCUT2D eigenvalue weighted by Crippen LogP contribution is -2.35. The molecule has 0 radical (unpaired) electrons. The number of para-hydroxylation sites is 1. The predicted octanol–water partition coefficient (Wildman–Crippen LogP) is 5.40. The minimum Gasteiger partial charge on any atom is -0.493 e. The van der Waals surface area contributed by atoms with Crippen LogP contribution in [0.5, 0.6) is 11.5 Å². The van der Waals surface area contributed by atoms with Crippen molar-refractivity contribution in [2.24, 2.45) is 0 Å². The molecule has 35 heavy (non-hydrogen) atoms. The number of fused-ring (bicyclic) bond motifs is 1. The Balaban J connectivity index is 1.36. The van der Waals surface area contributed by atoms with Crippen molar-refractivity contribution in [2.75, 3.05) is 30.5 Å². The number of aryl methyl sites for hydroxylation is 1. The number of amides is 3. The summed E-state index contributed by atoms with van der Waals surface area (Å²) in [5, 5.41) is 5.88. The highest BCUT2D eigenvalue weighted by atomic mass is 16.5. The average Bonchev–Trinajstić information content (AvgIpc) is 3.11. The molecule has 1 heterocycles. The molecule has 3 amide bonds. The quantitative estimate of drug-likeness (QED) is 0.482. The minimum absolute atomic E-state index is 0.166. The first-order valence-corrected chi connectivity index (χ1v) is 11.9. The third kappa shape index (κ3) is 5.93. The van der Waals surface area contributed by atoms with Crippen LogP contribution in [0.15, 0.2) is 66.7 Å². The van der Waals surface area contributed by atoms with Crippen molar-refractivity contribution in [3.05, 3.63) is 83.4 Å². The molecule has 0 fully saturated rings. The number of anilines is 2. The van der Waals surface area contributed by atoms with Crippen LogP contribution in [0.25, 0.3) is 0 Å². The molecule has 4 rings (SSSR count). The summed E-state index contributed by atoms with van der Waals surface area (Å²) >= 11 is 0. The number of nitrogens with one attached hydrogen (secondary N) is 2. The maximum Gasteiger partial charge on any atom is 0.326 e. The first-order valence-electron chi connectivity index (χ1n) is 11.9. The molecular weight excluding hydrogens is 442 g/mol. The molecule has 3 aromatic carbocycles. The number of urea groups is 1. The zero-order valence-electron chi connectivity index (χ0n) is 20.2. The van der Waals surface area contributed by atoms with Gasteiger partial charge in [-0.25, -0.2) is 4.79 Å². The van der Waals surface area contributed by atoms with E-state index in [-0.39, 0.29) is 11.9 Å². The number of benzene rings is 3. The van der Waals surface area contributed by atoms with E-state index in [4.69, 9.17) is 9.47 Å². The summed E-state index contributed by atoms with van der Waals surface area (Å²) < 4.78 is 10.9. The van der Waals surface area contributed by atoms with Crippen LogP contribution in [0, 0.1) is 0 Å². The van der Waals surface area contributed by atoms with E-state index in [0.717, 1.165) is 30.5 Å². The summed E-state index contributed by atoms with van der Waals surface area (Å²) in [6, 6.07) is 20.4. The molecule has 0 spiro atoms. The molecule has 182 valence electrons. The largest absolute Gasteiger partial charge is 0.493 e. The predicted molar refractivity (Wildman–Crippen MR) is 138 cm³/mol. The Morgan fingerprint density at radius 2 is 1.77 bits per heavy atom. The molecule has 0 bridgehead atoms. The van der Waals surface area contributed by atoms with Crippen LogP contribution >= 0.6 is 0 Å². The average molecular weight is 474 g/mol. The van der Waals surface area contributed by atoms with Crippen LogP contribution in [0.2, 0.25) is 0 Å². The minimum atomic E-state index is -0.197. The number of nitrogens with zero attached hydrogens (tertiary/aromatic N) is 1. The highest BCUT2D eigenvalue weighted by Gasteiger charge is 2.21. The summed E-state index contributed by atoms with van der Waals surface area (Å²) in [7, 11) is 1.59. The molecule has 7 heteroatoms.